The smallest absolute Gasteiger partial charge is 0.325 e. The minimum Gasteiger partial charge on any atom is -0.468 e. The van der Waals surface area contributed by atoms with Crippen molar-refractivity contribution in [1.82, 2.24) is 10.2 Å². The number of nitrogens with zero attached hydrogens (tertiary/aromatic N) is 1. The number of ether oxygens (including phenoxy) is 1. The van der Waals surface area contributed by atoms with Gasteiger partial charge in [0.15, 0.2) is 0 Å². The van der Waals surface area contributed by atoms with Crippen LogP contribution in [0, 0.1) is 5.92 Å². The maximum Gasteiger partial charge on any atom is 0.325 e. The third-order valence-electron chi connectivity index (χ3n) is 3.63. The van der Waals surface area contributed by atoms with E-state index in [1.165, 1.54) is 7.11 Å². The van der Waals surface area contributed by atoms with E-state index in [1.807, 2.05) is 13.8 Å². The molecule has 0 unspecified atom stereocenters. The largest absolute Gasteiger partial charge is 0.468 e. The molecule has 0 aromatic rings. The van der Waals surface area contributed by atoms with Crippen LogP contribution in [0.4, 0.5) is 0 Å². The topological polar surface area (TPSA) is 58.6 Å². The summed E-state index contributed by atoms with van der Waals surface area (Å²) in [6, 6.07) is 0. The number of hydrogen-bond acceptors (Lipinski definition) is 4. The van der Waals surface area contributed by atoms with Gasteiger partial charge in [0, 0.05) is 6.54 Å². The first-order chi connectivity index (χ1) is 8.82. The van der Waals surface area contributed by atoms with Crippen LogP contribution in [-0.4, -0.2) is 49.6 Å². The van der Waals surface area contributed by atoms with Gasteiger partial charge in [-0.15, -0.1) is 0 Å². The van der Waals surface area contributed by atoms with E-state index in [0.29, 0.717) is 12.5 Å². The van der Waals surface area contributed by atoms with Gasteiger partial charge in [-0.3, -0.25) is 9.59 Å². The molecule has 5 nitrogen and oxygen atoms in total. The van der Waals surface area contributed by atoms with Gasteiger partial charge >= 0.3 is 5.97 Å². The van der Waals surface area contributed by atoms with E-state index in [1.54, 1.807) is 11.9 Å². The molecule has 0 aromatic carbocycles. The normalized spacial score (nSPS) is 11.5. The molecule has 0 aliphatic rings. The molecule has 0 aromatic heterocycles. The predicted octanol–water partition coefficient (Wildman–Crippen LogP) is 1.42. The van der Waals surface area contributed by atoms with Gasteiger partial charge in [0.2, 0.25) is 5.91 Å². The first-order valence-electron chi connectivity index (χ1n) is 6.87. The van der Waals surface area contributed by atoms with Crippen molar-refractivity contribution in [3.63, 3.8) is 0 Å². The molecule has 0 heterocycles. The van der Waals surface area contributed by atoms with Crippen molar-refractivity contribution in [2.75, 3.05) is 27.2 Å². The lowest BCUT2D eigenvalue weighted by Gasteiger charge is -2.33. The second kappa shape index (κ2) is 8.15. The van der Waals surface area contributed by atoms with Crippen molar-refractivity contribution in [2.45, 2.75) is 46.1 Å². The van der Waals surface area contributed by atoms with Crippen LogP contribution in [0.15, 0.2) is 0 Å². The highest BCUT2D eigenvalue weighted by molar-refractivity contribution is 5.88. The molecule has 0 rings (SSSR count). The zero-order chi connectivity index (χ0) is 15.1. The average Bonchev–Trinajstić information content (AvgIpc) is 2.42. The van der Waals surface area contributed by atoms with E-state index in [-0.39, 0.29) is 18.4 Å². The van der Waals surface area contributed by atoms with Crippen molar-refractivity contribution in [2.24, 2.45) is 5.92 Å². The molecule has 0 aliphatic heterocycles. The number of hydrogen-bond donors (Lipinski definition) is 1. The van der Waals surface area contributed by atoms with E-state index in [9.17, 15) is 9.59 Å². The van der Waals surface area contributed by atoms with Crippen LogP contribution in [0.5, 0.6) is 0 Å². The van der Waals surface area contributed by atoms with Crippen molar-refractivity contribution >= 4 is 11.9 Å². The van der Waals surface area contributed by atoms with Crippen LogP contribution in [-0.2, 0) is 14.3 Å². The molecule has 0 saturated heterocycles. The van der Waals surface area contributed by atoms with Crippen molar-refractivity contribution in [3.8, 4) is 0 Å². The minimum atomic E-state index is -0.681. The number of esters is 1. The third kappa shape index (κ3) is 5.59. The number of likely N-dealkylation sites (N-methyl/N-ethyl adjacent to an activating group) is 1. The number of nitrogens with one attached hydrogen (secondary N) is 1. The highest BCUT2D eigenvalue weighted by Gasteiger charge is 2.32. The summed E-state index contributed by atoms with van der Waals surface area (Å²) in [7, 11) is 3.08. The summed E-state index contributed by atoms with van der Waals surface area (Å²) < 4.78 is 4.67. The fourth-order valence-electron chi connectivity index (χ4n) is 1.80. The molecule has 0 bridgehead atoms. The summed E-state index contributed by atoms with van der Waals surface area (Å²) in [5, 5.41) is 2.98. The molecule has 0 fully saturated rings. The Morgan fingerprint density at radius 1 is 1.26 bits per heavy atom. The van der Waals surface area contributed by atoms with Gasteiger partial charge in [0.05, 0.1) is 12.6 Å². The monoisotopic (exact) mass is 272 g/mol. The Hall–Kier alpha value is -1.10. The van der Waals surface area contributed by atoms with Crippen LogP contribution in [0.1, 0.15) is 40.5 Å². The second-order valence-electron chi connectivity index (χ2n) is 5.32. The number of amides is 1. The SMILES string of the molecule is CCC(CC)CN(CC(=O)OC)C(=O)C(C)(C)NC. The Morgan fingerprint density at radius 3 is 2.16 bits per heavy atom. The number of methoxy groups -OCH3 is 1. The van der Waals surface area contributed by atoms with Crippen molar-refractivity contribution < 1.29 is 14.3 Å². The van der Waals surface area contributed by atoms with Gasteiger partial charge in [0.1, 0.15) is 6.54 Å². The molecular weight excluding hydrogens is 244 g/mol. The maximum atomic E-state index is 12.5. The van der Waals surface area contributed by atoms with E-state index in [2.05, 4.69) is 23.9 Å². The number of rotatable bonds is 8. The summed E-state index contributed by atoms with van der Waals surface area (Å²) in [5.41, 5.74) is -0.681. The third-order valence-corrected chi connectivity index (χ3v) is 3.63. The molecule has 0 saturated carbocycles. The van der Waals surface area contributed by atoms with Gasteiger partial charge in [-0.05, 0) is 26.8 Å². The molecule has 0 aliphatic carbocycles. The summed E-state index contributed by atoms with van der Waals surface area (Å²) in [6.07, 6.45) is 1.98. The zero-order valence-corrected chi connectivity index (χ0v) is 13.1. The molecule has 0 atom stereocenters. The fourth-order valence-corrected chi connectivity index (χ4v) is 1.80. The average molecular weight is 272 g/mol. The summed E-state index contributed by atoms with van der Waals surface area (Å²) in [5.74, 6) is -0.0558. The van der Waals surface area contributed by atoms with Gasteiger partial charge in [-0.1, -0.05) is 26.7 Å². The van der Waals surface area contributed by atoms with E-state index in [4.69, 9.17) is 0 Å². The Morgan fingerprint density at radius 2 is 1.79 bits per heavy atom. The molecule has 1 N–H and O–H groups in total. The molecule has 0 radical (unpaired) electrons. The maximum absolute atomic E-state index is 12.5. The first-order valence-corrected chi connectivity index (χ1v) is 6.87. The van der Waals surface area contributed by atoms with Gasteiger partial charge < -0.3 is 15.0 Å². The molecule has 19 heavy (non-hydrogen) atoms. The van der Waals surface area contributed by atoms with Crippen molar-refractivity contribution in [3.05, 3.63) is 0 Å². The van der Waals surface area contributed by atoms with Gasteiger partial charge in [-0.2, -0.15) is 0 Å². The predicted molar refractivity (Wildman–Crippen MR) is 75.8 cm³/mol. The minimum absolute atomic E-state index is 0.0109. The highest BCUT2D eigenvalue weighted by atomic mass is 16.5. The molecule has 1 amide bonds. The van der Waals surface area contributed by atoms with E-state index in [0.717, 1.165) is 12.8 Å². The van der Waals surface area contributed by atoms with Crippen molar-refractivity contribution in [1.29, 1.82) is 0 Å². The van der Waals surface area contributed by atoms with Crippen LogP contribution in [0.2, 0.25) is 0 Å². The number of carbonyl (C=O) groups is 2. The van der Waals surface area contributed by atoms with Crippen LogP contribution < -0.4 is 5.32 Å². The fraction of sp³-hybridized carbons (Fsp3) is 0.857. The van der Waals surface area contributed by atoms with Gasteiger partial charge in [0.25, 0.3) is 0 Å². The standard InChI is InChI=1S/C14H28N2O3/c1-7-11(8-2)9-16(10-12(17)19-6)13(18)14(3,4)15-5/h11,15H,7-10H2,1-6H3. The van der Waals surface area contributed by atoms with E-state index < -0.39 is 5.54 Å². The number of carbonyl (C=O) groups excluding carboxylic acids is 2. The lowest BCUT2D eigenvalue weighted by molar-refractivity contribution is -0.149. The Labute approximate surface area is 116 Å². The molecule has 112 valence electrons. The summed E-state index contributed by atoms with van der Waals surface area (Å²) >= 11 is 0. The second-order valence-corrected chi connectivity index (χ2v) is 5.32. The lowest BCUT2D eigenvalue weighted by atomic mass is 9.99. The van der Waals surface area contributed by atoms with Crippen LogP contribution in [0.25, 0.3) is 0 Å². The Bertz CT molecular complexity index is 299. The quantitative estimate of drug-likeness (QED) is 0.679. The Kier molecular flexibility index (Phi) is 7.68. The van der Waals surface area contributed by atoms with Gasteiger partial charge in [-0.25, -0.2) is 0 Å². The lowest BCUT2D eigenvalue weighted by Crippen LogP contribution is -2.55. The zero-order valence-electron chi connectivity index (χ0n) is 13.1. The van der Waals surface area contributed by atoms with E-state index >= 15 is 0 Å². The molecule has 0 spiro atoms. The highest BCUT2D eigenvalue weighted by Crippen LogP contribution is 2.14. The first kappa shape index (κ1) is 17.9. The molecule has 5 heteroatoms. The summed E-state index contributed by atoms with van der Waals surface area (Å²) in [6.45, 7) is 8.42. The Balaban J connectivity index is 4.94. The summed E-state index contributed by atoms with van der Waals surface area (Å²) in [4.78, 5) is 25.5. The van der Waals surface area contributed by atoms with Crippen LogP contribution >= 0.6 is 0 Å². The van der Waals surface area contributed by atoms with Crippen LogP contribution in [0.3, 0.4) is 0 Å². The molecular formula is C14H28N2O3.